The minimum absolute atomic E-state index is 0.00752. The summed E-state index contributed by atoms with van der Waals surface area (Å²) in [5.74, 6) is 0.941. The van der Waals surface area contributed by atoms with E-state index in [9.17, 15) is 0 Å². The molecule has 0 amide bonds. The summed E-state index contributed by atoms with van der Waals surface area (Å²) in [6.45, 7) is 2.89. The standard InChI is InChI=1S/C13H22ClN3S/c1-2-17-13(11(14)8-16-17)12(15)9-18-10-6-4-3-5-7-10/h8,10,12H,2-7,9,15H2,1H3. The second kappa shape index (κ2) is 6.83. The highest BCUT2D eigenvalue weighted by Gasteiger charge is 2.19. The number of rotatable bonds is 5. The van der Waals surface area contributed by atoms with Crippen molar-refractivity contribution in [1.82, 2.24) is 9.78 Å². The highest BCUT2D eigenvalue weighted by molar-refractivity contribution is 7.99. The third-order valence-electron chi connectivity index (χ3n) is 3.55. The predicted molar refractivity (Wildman–Crippen MR) is 79.2 cm³/mol. The second-order valence-electron chi connectivity index (χ2n) is 4.89. The van der Waals surface area contributed by atoms with E-state index in [-0.39, 0.29) is 6.04 Å². The van der Waals surface area contributed by atoms with Gasteiger partial charge in [-0.05, 0) is 19.8 Å². The molecule has 1 atom stereocenters. The fourth-order valence-corrected chi connectivity index (χ4v) is 4.13. The second-order valence-corrected chi connectivity index (χ2v) is 6.63. The van der Waals surface area contributed by atoms with E-state index in [1.165, 1.54) is 32.1 Å². The van der Waals surface area contributed by atoms with E-state index in [2.05, 4.69) is 12.0 Å². The minimum Gasteiger partial charge on any atom is -0.322 e. The molecule has 2 rings (SSSR count). The highest BCUT2D eigenvalue weighted by atomic mass is 35.5. The molecule has 1 aliphatic rings. The number of aryl methyl sites for hydroxylation is 1. The van der Waals surface area contributed by atoms with Crippen molar-refractivity contribution in [1.29, 1.82) is 0 Å². The molecule has 1 fully saturated rings. The first-order valence-corrected chi connectivity index (χ1v) is 8.23. The normalized spacial score (nSPS) is 19.1. The zero-order chi connectivity index (χ0) is 13.0. The van der Waals surface area contributed by atoms with Crippen LogP contribution in [0, 0.1) is 0 Å². The van der Waals surface area contributed by atoms with Gasteiger partial charge in [0, 0.05) is 17.5 Å². The highest BCUT2D eigenvalue weighted by Crippen LogP contribution is 2.31. The summed E-state index contributed by atoms with van der Waals surface area (Å²) >= 11 is 8.17. The molecule has 102 valence electrons. The van der Waals surface area contributed by atoms with Gasteiger partial charge in [0.1, 0.15) is 0 Å². The van der Waals surface area contributed by atoms with Crippen LogP contribution in [0.3, 0.4) is 0 Å². The molecule has 0 saturated heterocycles. The van der Waals surface area contributed by atoms with E-state index in [1.807, 2.05) is 16.4 Å². The van der Waals surface area contributed by atoms with Gasteiger partial charge < -0.3 is 5.73 Å². The van der Waals surface area contributed by atoms with Gasteiger partial charge in [0.25, 0.3) is 0 Å². The van der Waals surface area contributed by atoms with Crippen LogP contribution in [-0.2, 0) is 6.54 Å². The molecule has 0 aliphatic heterocycles. The van der Waals surface area contributed by atoms with Gasteiger partial charge in [-0.25, -0.2) is 0 Å². The van der Waals surface area contributed by atoms with Gasteiger partial charge >= 0.3 is 0 Å². The van der Waals surface area contributed by atoms with Crippen molar-refractivity contribution in [3.63, 3.8) is 0 Å². The van der Waals surface area contributed by atoms with Gasteiger partial charge in [0.05, 0.1) is 23.0 Å². The Balaban J connectivity index is 1.90. The van der Waals surface area contributed by atoms with E-state index in [0.29, 0.717) is 5.02 Å². The van der Waals surface area contributed by atoms with Crippen molar-refractivity contribution in [2.45, 2.75) is 56.9 Å². The molecular weight excluding hydrogens is 266 g/mol. The SMILES string of the molecule is CCn1ncc(Cl)c1C(N)CSC1CCCCC1. The third kappa shape index (κ3) is 3.43. The summed E-state index contributed by atoms with van der Waals surface area (Å²) < 4.78 is 1.91. The van der Waals surface area contributed by atoms with Crippen LogP contribution in [0.25, 0.3) is 0 Å². The first-order valence-electron chi connectivity index (χ1n) is 6.80. The van der Waals surface area contributed by atoms with Crippen molar-refractivity contribution in [2.24, 2.45) is 5.73 Å². The first kappa shape index (κ1) is 14.2. The Kier molecular flexibility index (Phi) is 5.39. The van der Waals surface area contributed by atoms with Crippen LogP contribution in [0.5, 0.6) is 0 Å². The Labute approximate surface area is 118 Å². The maximum atomic E-state index is 6.27. The molecule has 2 N–H and O–H groups in total. The summed E-state index contributed by atoms with van der Waals surface area (Å²) in [7, 11) is 0. The zero-order valence-corrected chi connectivity index (χ0v) is 12.5. The Morgan fingerprint density at radius 3 is 2.89 bits per heavy atom. The van der Waals surface area contributed by atoms with Gasteiger partial charge in [-0.2, -0.15) is 16.9 Å². The predicted octanol–water partition coefficient (Wildman–Crippen LogP) is 3.62. The lowest BCUT2D eigenvalue weighted by atomic mass is 10.0. The molecule has 0 bridgehead atoms. The van der Waals surface area contributed by atoms with Crippen molar-refractivity contribution in [3.8, 4) is 0 Å². The minimum atomic E-state index is -0.00752. The molecule has 0 radical (unpaired) electrons. The molecule has 1 unspecified atom stereocenters. The number of nitrogens with two attached hydrogens (primary N) is 1. The fraction of sp³-hybridized carbons (Fsp3) is 0.769. The zero-order valence-electron chi connectivity index (χ0n) is 10.9. The lowest BCUT2D eigenvalue weighted by Crippen LogP contribution is -2.20. The van der Waals surface area contributed by atoms with Crippen molar-refractivity contribution in [3.05, 3.63) is 16.9 Å². The molecule has 1 saturated carbocycles. The largest absolute Gasteiger partial charge is 0.322 e. The van der Waals surface area contributed by atoms with Crippen LogP contribution in [0.2, 0.25) is 5.02 Å². The Morgan fingerprint density at radius 2 is 2.22 bits per heavy atom. The van der Waals surface area contributed by atoms with Crippen molar-refractivity contribution >= 4 is 23.4 Å². The topological polar surface area (TPSA) is 43.8 Å². The van der Waals surface area contributed by atoms with Crippen LogP contribution >= 0.6 is 23.4 Å². The summed E-state index contributed by atoms with van der Waals surface area (Å²) in [4.78, 5) is 0. The smallest absolute Gasteiger partial charge is 0.0834 e. The average Bonchev–Trinajstić information content (AvgIpc) is 2.78. The molecule has 0 aromatic carbocycles. The van der Waals surface area contributed by atoms with Crippen LogP contribution in [-0.4, -0.2) is 20.8 Å². The number of hydrogen-bond donors (Lipinski definition) is 1. The Bertz CT molecular complexity index is 374. The summed E-state index contributed by atoms with van der Waals surface area (Å²) in [6, 6.07) is -0.00752. The number of aromatic nitrogens is 2. The maximum absolute atomic E-state index is 6.27. The van der Waals surface area contributed by atoms with Crippen LogP contribution < -0.4 is 5.73 Å². The monoisotopic (exact) mass is 287 g/mol. The molecule has 1 aromatic rings. The fourth-order valence-electron chi connectivity index (χ4n) is 2.54. The number of nitrogens with zero attached hydrogens (tertiary/aromatic N) is 2. The summed E-state index contributed by atoms with van der Waals surface area (Å²) in [6.07, 6.45) is 8.54. The van der Waals surface area contributed by atoms with Gasteiger partial charge in [-0.3, -0.25) is 4.68 Å². The summed E-state index contributed by atoms with van der Waals surface area (Å²) in [5.41, 5.74) is 7.26. The lowest BCUT2D eigenvalue weighted by molar-refractivity contribution is 0.515. The van der Waals surface area contributed by atoms with E-state index in [1.54, 1.807) is 6.20 Å². The average molecular weight is 288 g/mol. The van der Waals surface area contributed by atoms with Gasteiger partial charge in [0.15, 0.2) is 0 Å². The quantitative estimate of drug-likeness (QED) is 0.899. The maximum Gasteiger partial charge on any atom is 0.0834 e. The molecule has 0 spiro atoms. The van der Waals surface area contributed by atoms with Gasteiger partial charge in [0.2, 0.25) is 0 Å². The summed E-state index contributed by atoms with van der Waals surface area (Å²) in [5, 5.41) is 5.74. The van der Waals surface area contributed by atoms with Crippen molar-refractivity contribution < 1.29 is 0 Å². The third-order valence-corrected chi connectivity index (χ3v) is 5.33. The van der Waals surface area contributed by atoms with Gasteiger partial charge in [-0.1, -0.05) is 30.9 Å². The molecule has 1 heterocycles. The molecule has 3 nitrogen and oxygen atoms in total. The molecular formula is C13H22ClN3S. The number of halogens is 1. The lowest BCUT2D eigenvalue weighted by Gasteiger charge is -2.23. The molecule has 1 aliphatic carbocycles. The van der Waals surface area contributed by atoms with E-state index in [0.717, 1.165) is 23.2 Å². The van der Waals surface area contributed by atoms with Crippen LogP contribution in [0.4, 0.5) is 0 Å². The van der Waals surface area contributed by atoms with E-state index < -0.39 is 0 Å². The van der Waals surface area contributed by atoms with Crippen molar-refractivity contribution in [2.75, 3.05) is 5.75 Å². The van der Waals surface area contributed by atoms with Crippen LogP contribution in [0.1, 0.15) is 50.8 Å². The Hall–Kier alpha value is -0.190. The first-order chi connectivity index (χ1) is 8.72. The molecule has 1 aromatic heterocycles. The number of hydrogen-bond acceptors (Lipinski definition) is 3. The number of thioether (sulfide) groups is 1. The van der Waals surface area contributed by atoms with E-state index >= 15 is 0 Å². The molecule has 18 heavy (non-hydrogen) atoms. The van der Waals surface area contributed by atoms with Crippen LogP contribution in [0.15, 0.2) is 6.20 Å². The Morgan fingerprint density at radius 1 is 1.50 bits per heavy atom. The van der Waals surface area contributed by atoms with Gasteiger partial charge in [-0.15, -0.1) is 0 Å². The van der Waals surface area contributed by atoms with E-state index in [4.69, 9.17) is 17.3 Å². The molecule has 5 heteroatoms.